The fourth-order valence-corrected chi connectivity index (χ4v) is 3.74. The van der Waals surface area contributed by atoms with Crippen LogP contribution in [-0.4, -0.2) is 58.4 Å². The molecule has 0 amide bonds. The Bertz CT molecular complexity index is 886. The summed E-state index contributed by atoms with van der Waals surface area (Å²) in [5.41, 5.74) is 1.91. The average Bonchev–Trinajstić information content (AvgIpc) is 2.78. The van der Waals surface area contributed by atoms with Crippen molar-refractivity contribution in [3.05, 3.63) is 53.3 Å². The third-order valence-electron chi connectivity index (χ3n) is 5.19. The molecule has 2 aromatic rings. The minimum absolute atomic E-state index is 0. The van der Waals surface area contributed by atoms with Crippen molar-refractivity contribution < 1.29 is 23.3 Å². The molecule has 0 radical (unpaired) electrons. The van der Waals surface area contributed by atoms with E-state index in [-0.39, 0.29) is 42.0 Å². The number of hydrogen-bond donors (Lipinski definition) is 1. The lowest BCUT2D eigenvalue weighted by atomic mass is 10.1. The van der Waals surface area contributed by atoms with Crippen LogP contribution in [0.2, 0.25) is 0 Å². The number of ether oxygens (including phenoxy) is 4. The molecule has 176 valence electrons. The molecule has 3 rings (SSSR count). The van der Waals surface area contributed by atoms with Gasteiger partial charge in [0, 0.05) is 20.1 Å². The van der Waals surface area contributed by atoms with Crippen molar-refractivity contribution in [1.29, 1.82) is 0 Å². The highest BCUT2D eigenvalue weighted by molar-refractivity contribution is 14.0. The van der Waals surface area contributed by atoms with E-state index in [9.17, 15) is 4.39 Å². The summed E-state index contributed by atoms with van der Waals surface area (Å²) in [6, 6.07) is 10.3. The molecule has 1 aliphatic rings. The van der Waals surface area contributed by atoms with E-state index in [4.69, 9.17) is 18.9 Å². The first-order valence-corrected chi connectivity index (χ1v) is 10.1. The largest absolute Gasteiger partial charge is 0.493 e. The van der Waals surface area contributed by atoms with Gasteiger partial charge in [0.25, 0.3) is 0 Å². The van der Waals surface area contributed by atoms with Crippen molar-refractivity contribution in [2.24, 2.45) is 4.99 Å². The number of halogens is 2. The number of rotatable bonds is 6. The number of morpholine rings is 1. The number of hydrogen-bond acceptors (Lipinski definition) is 5. The van der Waals surface area contributed by atoms with Crippen molar-refractivity contribution in [3.63, 3.8) is 0 Å². The summed E-state index contributed by atoms with van der Waals surface area (Å²) in [5.74, 6) is 2.26. The molecule has 0 aromatic heterocycles. The van der Waals surface area contributed by atoms with Crippen LogP contribution in [0.1, 0.15) is 24.2 Å². The lowest BCUT2D eigenvalue weighted by molar-refractivity contribution is -0.0605. The van der Waals surface area contributed by atoms with Crippen LogP contribution < -0.4 is 19.5 Å². The highest BCUT2D eigenvalue weighted by Gasteiger charge is 2.28. The van der Waals surface area contributed by atoms with Gasteiger partial charge in [0.2, 0.25) is 5.75 Å². The number of nitrogens with one attached hydrogen (secondary N) is 1. The monoisotopic (exact) mass is 559 g/mol. The normalized spacial score (nSPS) is 18.6. The Morgan fingerprint density at radius 3 is 2.25 bits per heavy atom. The first-order valence-electron chi connectivity index (χ1n) is 10.1. The number of aliphatic imine (C=N–C) groups is 1. The number of nitrogens with zero attached hydrogens (tertiary/aromatic N) is 2. The molecule has 2 atom stereocenters. The minimum Gasteiger partial charge on any atom is -0.493 e. The molecule has 7 nitrogen and oxygen atoms in total. The molecule has 2 unspecified atom stereocenters. The van der Waals surface area contributed by atoms with Gasteiger partial charge in [-0.1, -0.05) is 12.1 Å². The zero-order chi connectivity index (χ0) is 22.4. The standard InChI is InChI=1S/C23H30FN3O4.HI/c1-15-13-27(14-21(31-15)17-6-8-18(24)9-7-17)23(25-2)26-12-16-10-19(28-3)22(30-5)20(11-16)29-4;/h6-11,15,21H,12-14H2,1-5H3,(H,25,26);1H. The van der Waals surface area contributed by atoms with Gasteiger partial charge in [0.15, 0.2) is 17.5 Å². The van der Waals surface area contributed by atoms with Gasteiger partial charge in [-0.3, -0.25) is 4.99 Å². The molecule has 0 bridgehead atoms. The number of benzene rings is 2. The van der Waals surface area contributed by atoms with Crippen LogP contribution >= 0.6 is 24.0 Å². The Morgan fingerprint density at radius 2 is 1.72 bits per heavy atom. The molecule has 0 saturated carbocycles. The van der Waals surface area contributed by atoms with E-state index in [1.54, 1.807) is 40.5 Å². The summed E-state index contributed by atoms with van der Waals surface area (Å²) >= 11 is 0. The Morgan fingerprint density at radius 1 is 1.09 bits per heavy atom. The van der Waals surface area contributed by atoms with E-state index in [0.29, 0.717) is 36.9 Å². The summed E-state index contributed by atoms with van der Waals surface area (Å²) in [6.45, 7) is 3.86. The van der Waals surface area contributed by atoms with Gasteiger partial charge in [0.05, 0.1) is 34.0 Å². The third-order valence-corrected chi connectivity index (χ3v) is 5.19. The summed E-state index contributed by atoms with van der Waals surface area (Å²) in [5, 5.41) is 3.41. The second kappa shape index (κ2) is 12.1. The fraction of sp³-hybridized carbons (Fsp3) is 0.435. The Hall–Kier alpha value is -2.27. The van der Waals surface area contributed by atoms with Crippen LogP contribution in [0.3, 0.4) is 0 Å². The van der Waals surface area contributed by atoms with Gasteiger partial charge in [-0.25, -0.2) is 4.39 Å². The maximum atomic E-state index is 13.3. The minimum atomic E-state index is -0.257. The SMILES string of the molecule is CN=C(NCc1cc(OC)c(OC)c(OC)c1)N1CC(C)OC(c2ccc(F)cc2)C1.I. The second-order valence-corrected chi connectivity index (χ2v) is 7.33. The van der Waals surface area contributed by atoms with Crippen molar-refractivity contribution in [2.75, 3.05) is 41.5 Å². The van der Waals surface area contributed by atoms with E-state index >= 15 is 0 Å². The van der Waals surface area contributed by atoms with E-state index in [0.717, 1.165) is 17.1 Å². The van der Waals surface area contributed by atoms with Crippen molar-refractivity contribution in [2.45, 2.75) is 25.7 Å². The van der Waals surface area contributed by atoms with E-state index in [1.165, 1.54) is 12.1 Å². The average molecular weight is 559 g/mol. The van der Waals surface area contributed by atoms with Gasteiger partial charge in [-0.05, 0) is 42.3 Å². The van der Waals surface area contributed by atoms with Crippen LogP contribution in [0, 0.1) is 5.82 Å². The van der Waals surface area contributed by atoms with Gasteiger partial charge < -0.3 is 29.2 Å². The van der Waals surface area contributed by atoms with Crippen molar-refractivity contribution in [3.8, 4) is 17.2 Å². The number of guanidine groups is 1. The quantitative estimate of drug-likeness (QED) is 0.328. The molecule has 1 heterocycles. The molecule has 9 heteroatoms. The summed E-state index contributed by atoms with van der Waals surface area (Å²) in [6.07, 6.45) is -0.160. The second-order valence-electron chi connectivity index (χ2n) is 7.33. The lowest BCUT2D eigenvalue weighted by Gasteiger charge is -2.38. The lowest BCUT2D eigenvalue weighted by Crippen LogP contribution is -2.50. The zero-order valence-corrected chi connectivity index (χ0v) is 21.4. The smallest absolute Gasteiger partial charge is 0.203 e. The van der Waals surface area contributed by atoms with Gasteiger partial charge >= 0.3 is 0 Å². The summed E-state index contributed by atoms with van der Waals surface area (Å²) in [4.78, 5) is 6.60. The Balaban J connectivity index is 0.00000363. The van der Waals surface area contributed by atoms with Crippen LogP contribution in [0.5, 0.6) is 17.2 Å². The molecular weight excluding hydrogens is 528 g/mol. The number of methoxy groups -OCH3 is 3. The molecule has 1 fully saturated rings. The first kappa shape index (κ1) is 26.0. The van der Waals surface area contributed by atoms with E-state index < -0.39 is 0 Å². The highest BCUT2D eigenvalue weighted by Crippen LogP contribution is 2.38. The molecule has 2 aromatic carbocycles. The Kier molecular flexibility index (Phi) is 9.83. The van der Waals surface area contributed by atoms with Crippen LogP contribution in [0.15, 0.2) is 41.4 Å². The summed E-state index contributed by atoms with van der Waals surface area (Å²) in [7, 11) is 6.53. The molecule has 1 N–H and O–H groups in total. The first-order chi connectivity index (χ1) is 15.0. The molecule has 0 spiro atoms. The van der Waals surface area contributed by atoms with Crippen LogP contribution in [-0.2, 0) is 11.3 Å². The molecule has 1 saturated heterocycles. The summed E-state index contributed by atoms with van der Waals surface area (Å²) < 4.78 is 35.7. The van der Waals surface area contributed by atoms with Crippen molar-refractivity contribution in [1.82, 2.24) is 10.2 Å². The van der Waals surface area contributed by atoms with Gasteiger partial charge in [-0.15, -0.1) is 24.0 Å². The topological polar surface area (TPSA) is 64.6 Å². The van der Waals surface area contributed by atoms with Crippen LogP contribution in [0.4, 0.5) is 4.39 Å². The Labute approximate surface area is 205 Å². The van der Waals surface area contributed by atoms with Crippen molar-refractivity contribution >= 4 is 29.9 Å². The maximum Gasteiger partial charge on any atom is 0.203 e. The fourth-order valence-electron chi connectivity index (χ4n) is 3.74. The van der Waals surface area contributed by atoms with Gasteiger partial charge in [0.1, 0.15) is 11.9 Å². The molecule has 0 aliphatic carbocycles. The van der Waals surface area contributed by atoms with E-state index in [2.05, 4.69) is 15.2 Å². The third kappa shape index (κ3) is 6.16. The van der Waals surface area contributed by atoms with Crippen LogP contribution in [0.25, 0.3) is 0 Å². The molecule has 1 aliphatic heterocycles. The molecule has 32 heavy (non-hydrogen) atoms. The predicted molar refractivity (Wildman–Crippen MR) is 133 cm³/mol. The van der Waals surface area contributed by atoms with Gasteiger partial charge in [-0.2, -0.15) is 0 Å². The molecular formula is C23H31FIN3O4. The highest BCUT2D eigenvalue weighted by atomic mass is 127. The van der Waals surface area contributed by atoms with E-state index in [1.807, 2.05) is 19.1 Å². The predicted octanol–water partition coefficient (Wildman–Crippen LogP) is 4.01. The zero-order valence-electron chi connectivity index (χ0n) is 19.1. The maximum absolute atomic E-state index is 13.3.